The van der Waals surface area contributed by atoms with Crippen LogP contribution in [0, 0.1) is 27.7 Å². The van der Waals surface area contributed by atoms with Crippen LogP contribution in [0.25, 0.3) is 11.1 Å². The average Bonchev–Trinajstić information content (AvgIpc) is 3.20. The molecule has 0 saturated carbocycles. The minimum absolute atomic E-state index is 0.0854. The third kappa shape index (κ3) is 4.65. The Morgan fingerprint density at radius 1 is 1.03 bits per heavy atom. The fraction of sp³-hybridized carbons (Fsp3) is 0.483. The zero-order chi connectivity index (χ0) is 26.3. The van der Waals surface area contributed by atoms with Gasteiger partial charge in [0, 0.05) is 38.2 Å². The van der Waals surface area contributed by atoms with Crippen LogP contribution in [0.1, 0.15) is 46.9 Å². The normalized spacial score (nSPS) is 23.2. The molecule has 7 nitrogen and oxygen atoms in total. The van der Waals surface area contributed by atoms with Crippen LogP contribution in [0.4, 0.5) is 0 Å². The van der Waals surface area contributed by atoms with E-state index in [1.54, 1.807) is 25.3 Å². The predicted octanol–water partition coefficient (Wildman–Crippen LogP) is 4.84. The van der Waals surface area contributed by atoms with E-state index in [1.807, 2.05) is 0 Å². The first-order valence-electron chi connectivity index (χ1n) is 13.1. The van der Waals surface area contributed by atoms with Crippen molar-refractivity contribution < 1.29 is 17.7 Å². The molecule has 0 amide bonds. The Hall–Kier alpha value is -2.52. The van der Waals surface area contributed by atoms with Crippen molar-refractivity contribution in [1.82, 2.24) is 14.4 Å². The van der Waals surface area contributed by atoms with Crippen molar-refractivity contribution in [3.63, 3.8) is 0 Å². The minimum atomic E-state index is -3.71. The molecule has 1 aromatic heterocycles. The van der Waals surface area contributed by atoms with Crippen molar-refractivity contribution in [2.75, 3.05) is 33.4 Å². The lowest BCUT2D eigenvalue weighted by Crippen LogP contribution is -2.68. The fourth-order valence-electron chi connectivity index (χ4n) is 6.20. The van der Waals surface area contributed by atoms with E-state index in [-0.39, 0.29) is 22.9 Å². The van der Waals surface area contributed by atoms with E-state index in [2.05, 4.69) is 66.4 Å². The van der Waals surface area contributed by atoms with Crippen LogP contribution in [-0.2, 0) is 14.8 Å². The Labute approximate surface area is 220 Å². The molecule has 198 valence electrons. The van der Waals surface area contributed by atoms with Crippen LogP contribution in [0.2, 0.25) is 0 Å². The molecule has 3 heterocycles. The van der Waals surface area contributed by atoms with Gasteiger partial charge in [-0.2, -0.15) is 4.31 Å². The Morgan fingerprint density at radius 2 is 1.76 bits per heavy atom. The standard InChI is InChI=1S/C29H37N3O4S/c1-19-9-8-10-25(20(19)2)23-11-13-24(14-12-23)28-26-17-31(15-6-7-16-32(26)27(28)18-35-5)37(33,34)29-21(3)30-36-22(29)4/h8-14,26-28H,6-7,15-18H2,1-5H3/t26-,27?,28-/m0/s1. The number of aryl methyl sites for hydroxylation is 3. The molecule has 0 aliphatic carbocycles. The van der Waals surface area contributed by atoms with Gasteiger partial charge >= 0.3 is 0 Å². The summed E-state index contributed by atoms with van der Waals surface area (Å²) in [5, 5.41) is 3.90. The Morgan fingerprint density at radius 3 is 2.43 bits per heavy atom. The summed E-state index contributed by atoms with van der Waals surface area (Å²) in [7, 11) is -1.97. The summed E-state index contributed by atoms with van der Waals surface area (Å²) in [6.07, 6.45) is 1.77. The van der Waals surface area contributed by atoms with E-state index < -0.39 is 10.0 Å². The molecule has 2 aromatic carbocycles. The van der Waals surface area contributed by atoms with Crippen molar-refractivity contribution in [1.29, 1.82) is 0 Å². The number of methoxy groups -OCH3 is 1. The lowest BCUT2D eigenvalue weighted by Gasteiger charge is -2.57. The molecule has 2 aliphatic rings. The predicted molar refractivity (Wildman–Crippen MR) is 144 cm³/mol. The van der Waals surface area contributed by atoms with Gasteiger partial charge in [0.15, 0.2) is 5.76 Å². The average molecular weight is 524 g/mol. The SMILES string of the molecule is COCC1[C@@H](c2ccc(-c3cccc(C)c3C)cc2)[C@@H]2CN(S(=O)(=O)c3c(C)noc3C)CCCCN12. The molecule has 1 unspecified atom stereocenters. The molecular formula is C29H37N3O4S. The maximum atomic E-state index is 13.7. The summed E-state index contributed by atoms with van der Waals surface area (Å²) in [6.45, 7) is 10.2. The van der Waals surface area contributed by atoms with Crippen molar-refractivity contribution in [2.45, 2.75) is 63.4 Å². The number of rotatable bonds is 6. The third-order valence-electron chi connectivity index (χ3n) is 8.26. The molecule has 3 aromatic rings. The minimum Gasteiger partial charge on any atom is -0.383 e. The highest BCUT2D eigenvalue weighted by molar-refractivity contribution is 7.89. The fourth-order valence-corrected chi connectivity index (χ4v) is 7.99. The van der Waals surface area contributed by atoms with Gasteiger partial charge in [-0.25, -0.2) is 8.42 Å². The van der Waals surface area contributed by atoms with E-state index in [4.69, 9.17) is 9.26 Å². The van der Waals surface area contributed by atoms with Crippen molar-refractivity contribution in [3.8, 4) is 11.1 Å². The molecule has 37 heavy (non-hydrogen) atoms. The van der Waals surface area contributed by atoms with Crippen LogP contribution in [0.15, 0.2) is 51.9 Å². The highest BCUT2D eigenvalue weighted by atomic mass is 32.2. The molecule has 5 rings (SSSR count). The van der Waals surface area contributed by atoms with Crippen LogP contribution in [0.5, 0.6) is 0 Å². The van der Waals surface area contributed by atoms with E-state index in [0.29, 0.717) is 31.2 Å². The molecule has 2 aliphatic heterocycles. The second kappa shape index (κ2) is 10.3. The molecule has 0 bridgehead atoms. The Bertz CT molecular complexity index is 1350. The van der Waals surface area contributed by atoms with Gasteiger partial charge in [-0.3, -0.25) is 4.90 Å². The monoisotopic (exact) mass is 523 g/mol. The summed E-state index contributed by atoms with van der Waals surface area (Å²) >= 11 is 0. The second-order valence-corrected chi connectivity index (χ2v) is 12.3. The van der Waals surface area contributed by atoms with Crippen LogP contribution in [-0.4, -0.2) is 68.2 Å². The summed E-state index contributed by atoms with van der Waals surface area (Å²) < 4.78 is 39.9. The van der Waals surface area contributed by atoms with Gasteiger partial charge in [0.05, 0.1) is 6.61 Å². The Balaban J connectivity index is 1.46. The van der Waals surface area contributed by atoms with Gasteiger partial charge in [-0.15, -0.1) is 0 Å². The van der Waals surface area contributed by atoms with Crippen molar-refractivity contribution >= 4 is 10.0 Å². The third-order valence-corrected chi connectivity index (χ3v) is 10.4. The summed E-state index contributed by atoms with van der Waals surface area (Å²) in [5.41, 5.74) is 6.67. The van der Waals surface area contributed by atoms with E-state index in [1.165, 1.54) is 27.8 Å². The highest BCUT2D eigenvalue weighted by Gasteiger charge is 2.50. The smallest absolute Gasteiger partial charge is 0.248 e. The molecule has 2 fully saturated rings. The number of benzene rings is 2. The number of nitrogens with zero attached hydrogens (tertiary/aromatic N) is 3. The first-order chi connectivity index (χ1) is 17.7. The molecule has 3 atom stereocenters. The Kier molecular flexibility index (Phi) is 7.29. The summed E-state index contributed by atoms with van der Waals surface area (Å²) in [5.74, 6) is 0.536. The van der Waals surface area contributed by atoms with Crippen LogP contribution < -0.4 is 0 Å². The first-order valence-corrected chi connectivity index (χ1v) is 14.5. The number of fused-ring (bicyclic) bond motifs is 1. The number of hydrogen-bond donors (Lipinski definition) is 0. The van der Waals surface area contributed by atoms with E-state index in [0.717, 1.165) is 19.4 Å². The van der Waals surface area contributed by atoms with E-state index in [9.17, 15) is 8.42 Å². The van der Waals surface area contributed by atoms with Crippen molar-refractivity contribution in [2.24, 2.45) is 0 Å². The zero-order valence-electron chi connectivity index (χ0n) is 22.4. The van der Waals surface area contributed by atoms with Gasteiger partial charge in [0.2, 0.25) is 10.0 Å². The highest BCUT2D eigenvalue weighted by Crippen LogP contribution is 2.43. The van der Waals surface area contributed by atoms with Gasteiger partial charge in [0.1, 0.15) is 10.6 Å². The largest absolute Gasteiger partial charge is 0.383 e. The first kappa shape index (κ1) is 26.1. The van der Waals surface area contributed by atoms with Gasteiger partial charge in [-0.05, 0) is 74.9 Å². The zero-order valence-corrected chi connectivity index (χ0v) is 23.2. The number of aromatic nitrogens is 1. The maximum absolute atomic E-state index is 13.7. The van der Waals surface area contributed by atoms with Crippen molar-refractivity contribution in [3.05, 3.63) is 70.6 Å². The topological polar surface area (TPSA) is 75.9 Å². The molecule has 0 N–H and O–H groups in total. The quantitative estimate of drug-likeness (QED) is 0.460. The maximum Gasteiger partial charge on any atom is 0.248 e. The summed E-state index contributed by atoms with van der Waals surface area (Å²) in [6, 6.07) is 15.6. The number of sulfonamides is 1. The lowest BCUT2D eigenvalue weighted by molar-refractivity contribution is -0.0635. The van der Waals surface area contributed by atoms with Crippen LogP contribution in [0.3, 0.4) is 0 Å². The number of ether oxygens (including phenoxy) is 1. The summed E-state index contributed by atoms with van der Waals surface area (Å²) in [4.78, 5) is 2.66. The van der Waals surface area contributed by atoms with Gasteiger partial charge in [0.25, 0.3) is 0 Å². The molecular weight excluding hydrogens is 486 g/mol. The molecule has 0 spiro atoms. The molecule has 0 radical (unpaired) electrons. The molecule has 2 saturated heterocycles. The van der Waals surface area contributed by atoms with Gasteiger partial charge < -0.3 is 9.26 Å². The van der Waals surface area contributed by atoms with E-state index >= 15 is 0 Å². The molecule has 8 heteroatoms. The second-order valence-electron chi connectivity index (χ2n) is 10.4. The van der Waals surface area contributed by atoms with Crippen LogP contribution >= 0.6 is 0 Å². The van der Waals surface area contributed by atoms with Gasteiger partial charge in [-0.1, -0.05) is 47.6 Å². The number of hydrogen-bond acceptors (Lipinski definition) is 6. The lowest BCUT2D eigenvalue weighted by atomic mass is 9.74.